The van der Waals surface area contributed by atoms with Crippen LogP contribution >= 0.6 is 0 Å². The minimum Gasteiger partial charge on any atom is -0.481 e. The van der Waals surface area contributed by atoms with Crippen LogP contribution in [-0.2, 0) is 4.74 Å². The number of aromatic nitrogens is 1. The maximum absolute atomic E-state index is 12.5. The Morgan fingerprint density at radius 2 is 2.11 bits per heavy atom. The molecule has 0 amide bonds. The van der Waals surface area contributed by atoms with Gasteiger partial charge < -0.3 is 14.8 Å². The van der Waals surface area contributed by atoms with Crippen LogP contribution in [0.25, 0.3) is 0 Å². The number of morpholine rings is 1. The lowest BCUT2D eigenvalue weighted by Gasteiger charge is -2.39. The van der Waals surface area contributed by atoms with E-state index in [0.717, 1.165) is 12.8 Å². The molecule has 5 nitrogen and oxygen atoms in total. The molecule has 1 N–H and O–H groups in total. The first kappa shape index (κ1) is 12.6. The normalized spacial score (nSPS) is 29.8. The molecule has 2 unspecified atom stereocenters. The third-order valence-corrected chi connectivity index (χ3v) is 3.80. The number of carbonyl (C=O) groups is 1. The van der Waals surface area contributed by atoms with E-state index in [1.165, 1.54) is 0 Å². The Balaban J connectivity index is 1.76. The Labute approximate surface area is 112 Å². The minimum absolute atomic E-state index is 0.0414. The molecule has 0 aromatic carbocycles. The molecule has 102 valence electrons. The summed E-state index contributed by atoms with van der Waals surface area (Å²) in [5.74, 6) is 0.653. The van der Waals surface area contributed by atoms with Crippen molar-refractivity contribution in [2.75, 3.05) is 20.3 Å². The molecule has 3 heterocycles. The topological polar surface area (TPSA) is 60.5 Å². The van der Waals surface area contributed by atoms with E-state index in [-0.39, 0.29) is 11.7 Å². The summed E-state index contributed by atoms with van der Waals surface area (Å²) in [5.41, 5.74) is 0.505. The smallest absolute Gasteiger partial charge is 0.213 e. The maximum atomic E-state index is 12.5. The molecule has 0 saturated carbocycles. The summed E-state index contributed by atoms with van der Waals surface area (Å²) in [7, 11) is 1.56. The SMILES string of the molecule is COc1cccc(C(=O)C2CC3COCC(C2)N3)n1. The van der Waals surface area contributed by atoms with Crippen molar-refractivity contribution in [1.29, 1.82) is 0 Å². The van der Waals surface area contributed by atoms with Gasteiger partial charge in [0.25, 0.3) is 0 Å². The lowest BCUT2D eigenvalue weighted by Crippen LogP contribution is -2.55. The summed E-state index contributed by atoms with van der Waals surface area (Å²) >= 11 is 0. The fourth-order valence-electron chi connectivity index (χ4n) is 2.93. The van der Waals surface area contributed by atoms with Gasteiger partial charge in [-0.25, -0.2) is 4.98 Å². The lowest BCUT2D eigenvalue weighted by molar-refractivity contribution is 0.00942. The van der Waals surface area contributed by atoms with Crippen LogP contribution in [0, 0.1) is 5.92 Å². The number of nitrogens with one attached hydrogen (secondary N) is 1. The standard InChI is InChI=1S/C14H18N2O3/c1-18-13-4-2-3-12(16-13)14(17)9-5-10-7-19-8-11(6-9)15-10/h2-4,9-11,15H,5-8H2,1H3. The first-order valence-corrected chi connectivity index (χ1v) is 6.65. The van der Waals surface area contributed by atoms with E-state index >= 15 is 0 Å². The zero-order chi connectivity index (χ0) is 13.2. The average Bonchev–Trinajstić information content (AvgIpc) is 2.46. The minimum atomic E-state index is 0.0414. The van der Waals surface area contributed by atoms with Crippen LogP contribution in [0.1, 0.15) is 23.3 Å². The number of piperidine rings is 1. The molecule has 0 radical (unpaired) electrons. The van der Waals surface area contributed by atoms with E-state index in [0.29, 0.717) is 36.9 Å². The Morgan fingerprint density at radius 3 is 2.79 bits per heavy atom. The van der Waals surface area contributed by atoms with Gasteiger partial charge in [0.1, 0.15) is 5.69 Å². The van der Waals surface area contributed by atoms with Crippen LogP contribution in [0.5, 0.6) is 5.88 Å². The van der Waals surface area contributed by atoms with Gasteiger partial charge in [0.15, 0.2) is 5.78 Å². The Kier molecular flexibility index (Phi) is 3.48. The Bertz CT molecular complexity index is 466. The zero-order valence-electron chi connectivity index (χ0n) is 11.0. The fraction of sp³-hybridized carbons (Fsp3) is 0.571. The molecule has 19 heavy (non-hydrogen) atoms. The number of carbonyl (C=O) groups excluding carboxylic acids is 1. The van der Waals surface area contributed by atoms with Gasteiger partial charge in [0, 0.05) is 24.1 Å². The molecule has 2 saturated heterocycles. The van der Waals surface area contributed by atoms with Crippen molar-refractivity contribution in [2.24, 2.45) is 5.92 Å². The predicted octanol–water partition coefficient (Wildman–Crippen LogP) is 1.04. The molecular weight excluding hydrogens is 244 g/mol. The number of nitrogens with zero attached hydrogens (tertiary/aromatic N) is 1. The van der Waals surface area contributed by atoms with Gasteiger partial charge in [-0.2, -0.15) is 0 Å². The van der Waals surface area contributed by atoms with Crippen molar-refractivity contribution in [2.45, 2.75) is 24.9 Å². The summed E-state index contributed by atoms with van der Waals surface area (Å²) in [4.78, 5) is 16.7. The largest absolute Gasteiger partial charge is 0.481 e. The predicted molar refractivity (Wildman–Crippen MR) is 69.4 cm³/mol. The number of hydrogen-bond donors (Lipinski definition) is 1. The van der Waals surface area contributed by atoms with Crippen molar-refractivity contribution in [3.63, 3.8) is 0 Å². The quantitative estimate of drug-likeness (QED) is 0.825. The van der Waals surface area contributed by atoms with Crippen LogP contribution in [0.15, 0.2) is 18.2 Å². The van der Waals surface area contributed by atoms with Crippen molar-refractivity contribution in [1.82, 2.24) is 10.3 Å². The molecule has 3 rings (SSSR count). The highest BCUT2D eigenvalue weighted by Crippen LogP contribution is 2.27. The average molecular weight is 262 g/mol. The van der Waals surface area contributed by atoms with Crippen molar-refractivity contribution < 1.29 is 14.3 Å². The fourth-order valence-corrected chi connectivity index (χ4v) is 2.93. The second kappa shape index (κ2) is 5.27. The van der Waals surface area contributed by atoms with Crippen molar-refractivity contribution in [3.05, 3.63) is 23.9 Å². The monoisotopic (exact) mass is 262 g/mol. The van der Waals surface area contributed by atoms with Crippen LogP contribution < -0.4 is 10.1 Å². The van der Waals surface area contributed by atoms with Crippen LogP contribution in [0.4, 0.5) is 0 Å². The van der Waals surface area contributed by atoms with E-state index in [1.54, 1.807) is 19.2 Å². The molecular formula is C14H18N2O3. The van der Waals surface area contributed by atoms with Gasteiger partial charge in [0.05, 0.1) is 20.3 Å². The van der Waals surface area contributed by atoms with E-state index in [1.807, 2.05) is 6.07 Å². The highest BCUT2D eigenvalue weighted by Gasteiger charge is 2.35. The number of hydrogen-bond acceptors (Lipinski definition) is 5. The van der Waals surface area contributed by atoms with Gasteiger partial charge >= 0.3 is 0 Å². The number of Topliss-reactive ketones (excluding diaryl/α,β-unsaturated/α-hetero) is 1. The number of fused-ring (bicyclic) bond motifs is 2. The number of pyridine rings is 1. The third-order valence-electron chi connectivity index (χ3n) is 3.80. The van der Waals surface area contributed by atoms with E-state index in [4.69, 9.17) is 9.47 Å². The van der Waals surface area contributed by atoms with Gasteiger partial charge in [-0.1, -0.05) is 6.07 Å². The number of ketones is 1. The molecule has 2 bridgehead atoms. The molecule has 2 fully saturated rings. The van der Waals surface area contributed by atoms with Crippen LogP contribution in [0.3, 0.4) is 0 Å². The van der Waals surface area contributed by atoms with Gasteiger partial charge in [-0.05, 0) is 18.9 Å². The first-order chi connectivity index (χ1) is 9.26. The van der Waals surface area contributed by atoms with Crippen LogP contribution in [-0.4, -0.2) is 43.2 Å². The van der Waals surface area contributed by atoms with Gasteiger partial charge in [-0.15, -0.1) is 0 Å². The van der Waals surface area contributed by atoms with E-state index < -0.39 is 0 Å². The molecule has 2 aliphatic heterocycles. The molecule has 5 heteroatoms. The molecule has 1 aromatic heterocycles. The Morgan fingerprint density at radius 1 is 1.37 bits per heavy atom. The molecule has 0 aliphatic carbocycles. The van der Waals surface area contributed by atoms with Crippen molar-refractivity contribution in [3.8, 4) is 5.88 Å². The number of methoxy groups -OCH3 is 1. The second-order valence-electron chi connectivity index (χ2n) is 5.20. The molecule has 1 aromatic rings. The number of ether oxygens (including phenoxy) is 2. The van der Waals surface area contributed by atoms with E-state index in [9.17, 15) is 4.79 Å². The highest BCUT2D eigenvalue weighted by molar-refractivity contribution is 5.96. The summed E-state index contributed by atoms with van der Waals surface area (Å²) in [6.45, 7) is 1.40. The zero-order valence-corrected chi connectivity index (χ0v) is 11.0. The molecule has 2 aliphatic rings. The van der Waals surface area contributed by atoms with Crippen molar-refractivity contribution >= 4 is 5.78 Å². The third kappa shape index (κ3) is 2.62. The molecule has 0 spiro atoms. The summed E-state index contributed by atoms with van der Waals surface area (Å²) in [6.07, 6.45) is 1.66. The van der Waals surface area contributed by atoms with E-state index in [2.05, 4.69) is 10.3 Å². The highest BCUT2D eigenvalue weighted by atomic mass is 16.5. The van der Waals surface area contributed by atoms with Crippen LogP contribution in [0.2, 0.25) is 0 Å². The summed E-state index contributed by atoms with van der Waals surface area (Å²) in [6, 6.07) is 5.92. The van der Waals surface area contributed by atoms with Gasteiger partial charge in [-0.3, -0.25) is 4.79 Å². The first-order valence-electron chi connectivity index (χ1n) is 6.65. The second-order valence-corrected chi connectivity index (χ2v) is 5.20. The van der Waals surface area contributed by atoms with Gasteiger partial charge in [0.2, 0.25) is 5.88 Å². The summed E-state index contributed by atoms with van der Waals surface area (Å²) < 4.78 is 10.6. The molecule has 2 atom stereocenters. The lowest BCUT2D eigenvalue weighted by atomic mass is 9.83. The Hall–Kier alpha value is -1.46. The summed E-state index contributed by atoms with van der Waals surface area (Å²) in [5, 5.41) is 3.49. The maximum Gasteiger partial charge on any atom is 0.213 e. The number of rotatable bonds is 3.